The minimum Gasteiger partial charge on any atom is -0.465 e. The van der Waals surface area contributed by atoms with Crippen molar-refractivity contribution in [1.82, 2.24) is 9.38 Å². The van der Waals surface area contributed by atoms with Crippen molar-refractivity contribution in [2.75, 3.05) is 13.4 Å². The Hall–Kier alpha value is -1.89. The molecule has 96 valence electrons. The van der Waals surface area contributed by atoms with Crippen LogP contribution in [-0.2, 0) is 20.3 Å². The molecule has 2 aromatic heterocycles. The van der Waals surface area contributed by atoms with Crippen LogP contribution in [0.15, 0.2) is 24.5 Å². The molecule has 18 heavy (non-hydrogen) atoms. The van der Waals surface area contributed by atoms with Crippen LogP contribution >= 0.6 is 0 Å². The van der Waals surface area contributed by atoms with E-state index >= 15 is 0 Å². The lowest BCUT2D eigenvalue weighted by Gasteiger charge is -1.99. The molecule has 0 aliphatic heterocycles. The fraction of sp³-hybridized carbons (Fsp3) is 0.273. The molecule has 0 unspecified atom stereocenters. The molecule has 0 aliphatic carbocycles. The summed E-state index contributed by atoms with van der Waals surface area (Å²) in [5, 5.41) is 0. The Balaban J connectivity index is 2.43. The fourth-order valence-electron chi connectivity index (χ4n) is 1.62. The molecule has 0 aliphatic rings. The first-order chi connectivity index (χ1) is 8.39. The van der Waals surface area contributed by atoms with Gasteiger partial charge in [-0.15, -0.1) is 0 Å². The van der Waals surface area contributed by atoms with Crippen LogP contribution < -0.4 is 0 Å². The van der Waals surface area contributed by atoms with Gasteiger partial charge in [-0.25, -0.2) is 18.2 Å². The number of nitrogens with zero attached hydrogens (tertiary/aromatic N) is 2. The van der Waals surface area contributed by atoms with Crippen molar-refractivity contribution in [2.45, 2.75) is 5.75 Å². The number of aromatic nitrogens is 2. The van der Waals surface area contributed by atoms with Crippen LogP contribution in [0.5, 0.6) is 0 Å². The lowest BCUT2D eigenvalue weighted by atomic mass is 10.3. The van der Waals surface area contributed by atoms with E-state index in [0.717, 1.165) is 6.26 Å². The molecule has 0 atom stereocenters. The molecule has 6 nitrogen and oxygen atoms in total. The quantitative estimate of drug-likeness (QED) is 0.764. The van der Waals surface area contributed by atoms with Gasteiger partial charge in [-0.2, -0.15) is 0 Å². The lowest BCUT2D eigenvalue weighted by molar-refractivity contribution is 0.0600. The maximum atomic E-state index is 11.3. The second-order valence-corrected chi connectivity index (χ2v) is 6.12. The summed E-state index contributed by atoms with van der Waals surface area (Å²) in [4.78, 5) is 15.5. The van der Waals surface area contributed by atoms with Gasteiger partial charge in [0.2, 0.25) is 0 Å². The number of methoxy groups -OCH3 is 1. The van der Waals surface area contributed by atoms with Gasteiger partial charge < -0.3 is 9.14 Å². The number of pyridine rings is 1. The van der Waals surface area contributed by atoms with Gasteiger partial charge in [0.1, 0.15) is 5.65 Å². The second-order valence-electron chi connectivity index (χ2n) is 3.98. The number of esters is 1. The van der Waals surface area contributed by atoms with Crippen molar-refractivity contribution in [2.24, 2.45) is 0 Å². The average Bonchev–Trinajstić information content (AvgIpc) is 2.66. The summed E-state index contributed by atoms with van der Waals surface area (Å²) in [5.74, 6) is -0.572. The minimum absolute atomic E-state index is 0.123. The molecule has 0 amide bonds. The summed E-state index contributed by atoms with van der Waals surface area (Å²) in [6.45, 7) is 0. The van der Waals surface area contributed by atoms with Crippen LogP contribution in [0.3, 0.4) is 0 Å². The molecule has 0 radical (unpaired) electrons. The van der Waals surface area contributed by atoms with Crippen molar-refractivity contribution in [3.63, 3.8) is 0 Å². The number of hydrogen-bond donors (Lipinski definition) is 0. The van der Waals surface area contributed by atoms with E-state index < -0.39 is 15.8 Å². The third-order valence-corrected chi connectivity index (χ3v) is 3.15. The van der Waals surface area contributed by atoms with Crippen LogP contribution in [0.25, 0.3) is 5.65 Å². The Morgan fingerprint density at radius 1 is 1.39 bits per heavy atom. The van der Waals surface area contributed by atoms with Gasteiger partial charge in [-0.05, 0) is 12.1 Å². The predicted octanol–water partition coefficient (Wildman–Crippen LogP) is 0.666. The van der Waals surface area contributed by atoms with Crippen LogP contribution in [-0.4, -0.2) is 37.1 Å². The Morgan fingerprint density at radius 2 is 2.11 bits per heavy atom. The Bertz CT molecular complexity index is 703. The summed E-state index contributed by atoms with van der Waals surface area (Å²) in [5.41, 5.74) is 1.41. The van der Waals surface area contributed by atoms with E-state index in [4.69, 9.17) is 0 Å². The van der Waals surface area contributed by atoms with E-state index in [1.807, 2.05) is 0 Å². The lowest BCUT2D eigenvalue weighted by Crippen LogP contribution is -2.02. The van der Waals surface area contributed by atoms with E-state index in [1.54, 1.807) is 28.9 Å². The van der Waals surface area contributed by atoms with E-state index in [0.29, 0.717) is 16.9 Å². The predicted molar refractivity (Wildman–Crippen MR) is 65.1 cm³/mol. The Kier molecular flexibility index (Phi) is 3.08. The van der Waals surface area contributed by atoms with E-state index in [2.05, 4.69) is 9.72 Å². The van der Waals surface area contributed by atoms with Crippen molar-refractivity contribution in [3.05, 3.63) is 35.8 Å². The number of carbonyl (C=O) groups excluding carboxylic acids is 1. The third-order valence-electron chi connectivity index (χ3n) is 2.33. The number of hydrogen-bond acceptors (Lipinski definition) is 5. The Morgan fingerprint density at radius 3 is 2.72 bits per heavy atom. The molecule has 2 rings (SSSR count). The number of fused-ring (bicyclic) bond motifs is 1. The molecule has 0 fully saturated rings. The van der Waals surface area contributed by atoms with E-state index in [-0.39, 0.29) is 5.75 Å². The zero-order valence-corrected chi connectivity index (χ0v) is 10.8. The molecule has 0 saturated heterocycles. The van der Waals surface area contributed by atoms with Crippen molar-refractivity contribution in [1.29, 1.82) is 0 Å². The van der Waals surface area contributed by atoms with Gasteiger partial charge in [0.25, 0.3) is 0 Å². The number of rotatable bonds is 3. The summed E-state index contributed by atoms with van der Waals surface area (Å²) >= 11 is 0. The molecule has 0 N–H and O–H groups in total. The highest BCUT2D eigenvalue weighted by Gasteiger charge is 2.11. The van der Waals surface area contributed by atoms with E-state index in [1.165, 1.54) is 7.11 Å². The molecule has 0 aromatic carbocycles. The number of ether oxygens (including phenoxy) is 1. The third kappa shape index (κ3) is 2.67. The zero-order valence-electron chi connectivity index (χ0n) is 9.95. The van der Waals surface area contributed by atoms with Crippen molar-refractivity contribution >= 4 is 21.5 Å². The maximum absolute atomic E-state index is 11.3. The zero-order chi connectivity index (χ0) is 13.3. The molecule has 0 spiro atoms. The summed E-state index contributed by atoms with van der Waals surface area (Å²) in [6, 6.07) is 3.22. The van der Waals surface area contributed by atoms with Crippen LogP contribution in [0.2, 0.25) is 0 Å². The SMILES string of the molecule is COC(=O)c1ccc2nc(CS(C)(=O)=O)cn2c1. The first-order valence-corrected chi connectivity index (χ1v) is 7.19. The largest absolute Gasteiger partial charge is 0.465 e. The molecule has 0 saturated carbocycles. The number of imidazole rings is 1. The number of sulfone groups is 1. The number of carbonyl (C=O) groups is 1. The smallest absolute Gasteiger partial charge is 0.339 e. The van der Waals surface area contributed by atoms with Gasteiger partial charge in [-0.1, -0.05) is 0 Å². The second kappa shape index (κ2) is 4.41. The normalized spacial score (nSPS) is 11.7. The standard InChI is InChI=1S/C11H12N2O4S/c1-17-11(14)8-3-4-10-12-9(6-13(10)5-8)7-18(2,15)16/h3-6H,7H2,1-2H3. The highest BCUT2D eigenvalue weighted by Crippen LogP contribution is 2.10. The molecule has 2 aromatic rings. The van der Waals surface area contributed by atoms with Gasteiger partial charge in [0, 0.05) is 18.6 Å². The summed E-state index contributed by atoms with van der Waals surface area (Å²) < 4.78 is 28.6. The monoisotopic (exact) mass is 268 g/mol. The molecule has 0 bridgehead atoms. The molecular weight excluding hydrogens is 256 g/mol. The topological polar surface area (TPSA) is 77.7 Å². The van der Waals surface area contributed by atoms with Gasteiger partial charge >= 0.3 is 5.97 Å². The van der Waals surface area contributed by atoms with Gasteiger partial charge in [0.05, 0.1) is 24.1 Å². The van der Waals surface area contributed by atoms with Crippen LogP contribution in [0.1, 0.15) is 16.1 Å². The van der Waals surface area contributed by atoms with Crippen molar-refractivity contribution < 1.29 is 17.9 Å². The first kappa shape index (κ1) is 12.6. The fourth-order valence-corrected chi connectivity index (χ4v) is 2.30. The van der Waals surface area contributed by atoms with E-state index in [9.17, 15) is 13.2 Å². The van der Waals surface area contributed by atoms with Crippen LogP contribution in [0, 0.1) is 0 Å². The molecule has 7 heteroatoms. The summed E-state index contributed by atoms with van der Waals surface area (Å²) in [6.07, 6.45) is 4.29. The highest BCUT2D eigenvalue weighted by molar-refractivity contribution is 7.89. The Labute approximate surface area is 104 Å². The minimum atomic E-state index is -3.12. The highest BCUT2D eigenvalue weighted by atomic mass is 32.2. The average molecular weight is 268 g/mol. The van der Waals surface area contributed by atoms with Gasteiger partial charge in [0.15, 0.2) is 9.84 Å². The van der Waals surface area contributed by atoms with Gasteiger partial charge in [-0.3, -0.25) is 0 Å². The van der Waals surface area contributed by atoms with Crippen LogP contribution in [0.4, 0.5) is 0 Å². The molecule has 2 heterocycles. The molecular formula is C11H12N2O4S. The van der Waals surface area contributed by atoms with Crippen molar-refractivity contribution in [3.8, 4) is 0 Å². The summed E-state index contributed by atoms with van der Waals surface area (Å²) in [7, 11) is -1.82. The maximum Gasteiger partial charge on any atom is 0.339 e. The first-order valence-electron chi connectivity index (χ1n) is 5.13.